The van der Waals surface area contributed by atoms with Crippen LogP contribution in [0.3, 0.4) is 0 Å². The fraction of sp³-hybridized carbons (Fsp3) is 0.0909. The molecule has 3 rings (SSSR count). The lowest BCUT2D eigenvalue weighted by Crippen LogP contribution is -2.23. The normalized spacial score (nSPS) is 10.5. The van der Waals surface area contributed by atoms with Crippen molar-refractivity contribution in [1.82, 2.24) is 25.5 Å². The number of rotatable bonds is 4. The lowest BCUT2D eigenvalue weighted by molar-refractivity contribution is 0.0945. The second kappa shape index (κ2) is 5.29. The molecule has 3 aromatic heterocycles. The number of carbonyl (C=O) groups is 1. The van der Waals surface area contributed by atoms with E-state index in [1.807, 2.05) is 16.8 Å². The van der Waals surface area contributed by atoms with Crippen LogP contribution in [-0.4, -0.2) is 26.1 Å². The summed E-state index contributed by atoms with van der Waals surface area (Å²) in [7, 11) is 0. The Bertz CT molecular complexity index is 659. The molecule has 0 fully saturated rings. The van der Waals surface area contributed by atoms with Crippen LogP contribution < -0.4 is 5.32 Å². The van der Waals surface area contributed by atoms with E-state index in [1.54, 1.807) is 16.7 Å². The first-order valence-electron chi connectivity index (χ1n) is 5.43. The molecule has 96 valence electrons. The summed E-state index contributed by atoms with van der Waals surface area (Å²) in [6.07, 6.45) is 1.40. The fourth-order valence-electron chi connectivity index (χ4n) is 1.47. The molecule has 0 aliphatic carbocycles. The quantitative estimate of drug-likeness (QED) is 0.769. The summed E-state index contributed by atoms with van der Waals surface area (Å²) in [5.74, 6) is 0.399. The highest BCUT2D eigenvalue weighted by molar-refractivity contribution is 7.14. The van der Waals surface area contributed by atoms with Crippen molar-refractivity contribution in [2.75, 3.05) is 0 Å². The average molecular weight is 291 g/mol. The molecule has 0 aliphatic rings. The zero-order valence-corrected chi connectivity index (χ0v) is 11.3. The fourth-order valence-corrected chi connectivity index (χ4v) is 2.98. The summed E-state index contributed by atoms with van der Waals surface area (Å²) in [4.78, 5) is 20.1. The molecule has 0 atom stereocenters. The van der Waals surface area contributed by atoms with E-state index in [0.29, 0.717) is 18.1 Å². The molecular formula is C11H9N5OS2. The minimum absolute atomic E-state index is 0.214. The van der Waals surface area contributed by atoms with Crippen molar-refractivity contribution in [1.29, 1.82) is 0 Å². The number of thiazole rings is 1. The Morgan fingerprint density at radius 1 is 1.42 bits per heavy atom. The van der Waals surface area contributed by atoms with Crippen molar-refractivity contribution in [3.8, 4) is 10.6 Å². The van der Waals surface area contributed by atoms with Crippen molar-refractivity contribution in [3.05, 3.63) is 40.1 Å². The van der Waals surface area contributed by atoms with E-state index in [2.05, 4.69) is 25.5 Å². The predicted octanol–water partition coefficient (Wildman–Crippen LogP) is 1.92. The minimum atomic E-state index is -0.214. The average Bonchev–Trinajstić information content (AvgIpc) is 3.14. The maximum absolute atomic E-state index is 11.9. The standard InChI is InChI=1S/C11H9N5OS2/c17-10(12-3-9-13-6-14-16-9)8-5-19-11(15-8)7-1-2-18-4-7/h1-2,4-6H,3H2,(H,12,17)(H,13,14,16). The number of thiophene rings is 1. The number of aromatic amines is 1. The molecule has 0 spiro atoms. The summed E-state index contributed by atoms with van der Waals surface area (Å²) >= 11 is 3.07. The van der Waals surface area contributed by atoms with Gasteiger partial charge >= 0.3 is 0 Å². The SMILES string of the molecule is O=C(NCc1ncn[nH]1)c1csc(-c2ccsc2)n1. The van der Waals surface area contributed by atoms with Gasteiger partial charge in [-0.3, -0.25) is 9.89 Å². The van der Waals surface area contributed by atoms with Crippen LogP contribution in [0.1, 0.15) is 16.3 Å². The predicted molar refractivity (Wildman–Crippen MR) is 73.0 cm³/mol. The van der Waals surface area contributed by atoms with E-state index < -0.39 is 0 Å². The van der Waals surface area contributed by atoms with Gasteiger partial charge in [0.25, 0.3) is 5.91 Å². The third kappa shape index (κ3) is 2.69. The van der Waals surface area contributed by atoms with Gasteiger partial charge in [-0.15, -0.1) is 11.3 Å². The van der Waals surface area contributed by atoms with E-state index in [9.17, 15) is 4.79 Å². The summed E-state index contributed by atoms with van der Waals surface area (Å²) in [5, 5.41) is 15.7. The van der Waals surface area contributed by atoms with E-state index in [0.717, 1.165) is 10.6 Å². The van der Waals surface area contributed by atoms with Gasteiger partial charge in [0.2, 0.25) is 0 Å². The topological polar surface area (TPSA) is 83.6 Å². The molecule has 0 saturated heterocycles. The zero-order valence-electron chi connectivity index (χ0n) is 9.66. The maximum atomic E-state index is 11.9. The van der Waals surface area contributed by atoms with Crippen LogP contribution in [0.5, 0.6) is 0 Å². The van der Waals surface area contributed by atoms with E-state index >= 15 is 0 Å². The van der Waals surface area contributed by atoms with Crippen LogP contribution in [0.2, 0.25) is 0 Å². The number of carbonyl (C=O) groups excluding carboxylic acids is 1. The van der Waals surface area contributed by atoms with Gasteiger partial charge in [0, 0.05) is 16.3 Å². The van der Waals surface area contributed by atoms with Gasteiger partial charge in [-0.05, 0) is 11.4 Å². The van der Waals surface area contributed by atoms with Crippen molar-refractivity contribution in [2.45, 2.75) is 6.54 Å². The molecule has 0 radical (unpaired) electrons. The second-order valence-corrected chi connectivity index (χ2v) is 5.30. The van der Waals surface area contributed by atoms with Gasteiger partial charge in [-0.2, -0.15) is 16.4 Å². The Morgan fingerprint density at radius 2 is 2.37 bits per heavy atom. The molecule has 0 aliphatic heterocycles. The monoisotopic (exact) mass is 291 g/mol. The number of hydrogen-bond donors (Lipinski definition) is 2. The highest BCUT2D eigenvalue weighted by Crippen LogP contribution is 2.25. The number of H-pyrrole nitrogens is 1. The van der Waals surface area contributed by atoms with E-state index in [4.69, 9.17) is 0 Å². The lowest BCUT2D eigenvalue weighted by Gasteiger charge is -1.99. The highest BCUT2D eigenvalue weighted by atomic mass is 32.1. The molecule has 0 saturated carbocycles. The first-order valence-corrected chi connectivity index (χ1v) is 7.26. The Morgan fingerprint density at radius 3 is 3.11 bits per heavy atom. The number of amides is 1. The van der Waals surface area contributed by atoms with Crippen molar-refractivity contribution >= 4 is 28.6 Å². The Balaban J connectivity index is 1.67. The Labute approximate surface area is 116 Å². The first-order chi connectivity index (χ1) is 9.33. The Hall–Kier alpha value is -2.06. The molecule has 0 unspecified atom stereocenters. The van der Waals surface area contributed by atoms with Gasteiger partial charge in [0.05, 0.1) is 6.54 Å². The summed E-state index contributed by atoms with van der Waals surface area (Å²) in [5.41, 5.74) is 1.47. The van der Waals surface area contributed by atoms with Crippen LogP contribution in [0, 0.1) is 0 Å². The number of nitrogens with one attached hydrogen (secondary N) is 2. The molecule has 6 nitrogen and oxygen atoms in total. The Kier molecular flexibility index (Phi) is 3.34. The summed E-state index contributed by atoms with van der Waals surface area (Å²) < 4.78 is 0. The highest BCUT2D eigenvalue weighted by Gasteiger charge is 2.12. The molecule has 0 aromatic carbocycles. The number of aromatic nitrogens is 4. The minimum Gasteiger partial charge on any atom is -0.343 e. The number of hydrogen-bond acceptors (Lipinski definition) is 6. The van der Waals surface area contributed by atoms with Crippen molar-refractivity contribution in [3.63, 3.8) is 0 Å². The largest absolute Gasteiger partial charge is 0.343 e. The smallest absolute Gasteiger partial charge is 0.271 e. The third-order valence-corrected chi connectivity index (χ3v) is 3.96. The van der Waals surface area contributed by atoms with Crippen LogP contribution in [0.15, 0.2) is 28.5 Å². The molecule has 3 heterocycles. The lowest BCUT2D eigenvalue weighted by atomic mass is 10.3. The molecular weight excluding hydrogens is 282 g/mol. The first kappa shape index (κ1) is 12.0. The van der Waals surface area contributed by atoms with Crippen LogP contribution in [0.4, 0.5) is 0 Å². The summed E-state index contributed by atoms with van der Waals surface area (Å²) in [6, 6.07) is 1.99. The van der Waals surface area contributed by atoms with Crippen molar-refractivity contribution in [2.24, 2.45) is 0 Å². The zero-order chi connectivity index (χ0) is 13.1. The van der Waals surface area contributed by atoms with Crippen molar-refractivity contribution < 1.29 is 4.79 Å². The van der Waals surface area contributed by atoms with E-state index in [1.165, 1.54) is 17.7 Å². The molecule has 19 heavy (non-hydrogen) atoms. The summed E-state index contributed by atoms with van der Waals surface area (Å²) in [6.45, 7) is 0.310. The second-order valence-electron chi connectivity index (χ2n) is 3.66. The maximum Gasteiger partial charge on any atom is 0.271 e. The number of nitrogens with zero attached hydrogens (tertiary/aromatic N) is 3. The van der Waals surface area contributed by atoms with Gasteiger partial charge in [-0.25, -0.2) is 9.97 Å². The molecule has 2 N–H and O–H groups in total. The van der Waals surface area contributed by atoms with Crippen LogP contribution >= 0.6 is 22.7 Å². The van der Waals surface area contributed by atoms with Crippen LogP contribution in [-0.2, 0) is 6.54 Å². The third-order valence-electron chi connectivity index (χ3n) is 2.39. The van der Waals surface area contributed by atoms with Gasteiger partial charge in [0.1, 0.15) is 22.9 Å². The van der Waals surface area contributed by atoms with Gasteiger partial charge in [0.15, 0.2) is 0 Å². The molecule has 1 amide bonds. The van der Waals surface area contributed by atoms with Gasteiger partial charge in [-0.1, -0.05) is 0 Å². The molecule has 8 heteroatoms. The van der Waals surface area contributed by atoms with E-state index in [-0.39, 0.29) is 5.91 Å². The van der Waals surface area contributed by atoms with Crippen LogP contribution in [0.25, 0.3) is 10.6 Å². The molecule has 0 bridgehead atoms. The van der Waals surface area contributed by atoms with Gasteiger partial charge < -0.3 is 5.32 Å². The molecule has 3 aromatic rings.